The number of rotatable bonds is 4. The lowest BCUT2D eigenvalue weighted by Gasteiger charge is -2.07. The number of methoxy groups -OCH3 is 1. The Hall–Kier alpha value is -1.58. The number of benzene rings is 1. The molecule has 0 amide bonds. The molecule has 3 nitrogen and oxygen atoms in total. The van der Waals surface area contributed by atoms with Gasteiger partial charge in [-0.3, -0.25) is 5.41 Å². The molecule has 0 radical (unpaired) electrons. The highest BCUT2D eigenvalue weighted by atomic mass is 19.1. The van der Waals surface area contributed by atoms with Crippen molar-refractivity contribution >= 4 is 5.84 Å². The van der Waals surface area contributed by atoms with E-state index in [0.29, 0.717) is 5.75 Å². The summed E-state index contributed by atoms with van der Waals surface area (Å²) in [5.74, 6) is 0.242. The summed E-state index contributed by atoms with van der Waals surface area (Å²) < 4.78 is 18.0. The van der Waals surface area contributed by atoms with Crippen molar-refractivity contribution in [2.45, 2.75) is 12.6 Å². The van der Waals surface area contributed by atoms with Gasteiger partial charge in [-0.1, -0.05) is 12.1 Å². The number of hydrogen-bond acceptors (Lipinski definition) is 2. The Morgan fingerprint density at radius 3 is 2.93 bits per heavy atom. The summed E-state index contributed by atoms with van der Waals surface area (Å²) in [6.45, 7) is 0. The lowest BCUT2D eigenvalue weighted by Crippen LogP contribution is -2.25. The van der Waals surface area contributed by atoms with E-state index in [1.807, 2.05) is 0 Å². The fourth-order valence-corrected chi connectivity index (χ4v) is 1.12. The Bertz CT molecular complexity index is 328. The molecule has 0 spiro atoms. The quantitative estimate of drug-likeness (QED) is 0.566. The van der Waals surface area contributed by atoms with Crippen LogP contribution in [-0.4, -0.2) is 19.1 Å². The van der Waals surface area contributed by atoms with Gasteiger partial charge in [-0.2, -0.15) is 0 Å². The minimum Gasteiger partial charge on any atom is -0.497 e. The topological polar surface area (TPSA) is 59.1 Å². The number of alkyl halides is 1. The average Bonchev–Trinajstić information content (AvgIpc) is 2.18. The van der Waals surface area contributed by atoms with Crippen molar-refractivity contribution in [2.75, 3.05) is 7.11 Å². The highest BCUT2D eigenvalue weighted by Crippen LogP contribution is 2.14. The van der Waals surface area contributed by atoms with Crippen LogP contribution in [0, 0.1) is 5.41 Å². The smallest absolute Gasteiger partial charge is 0.160 e. The summed E-state index contributed by atoms with van der Waals surface area (Å²) in [5, 5.41) is 6.92. The van der Waals surface area contributed by atoms with Gasteiger partial charge in [-0.25, -0.2) is 4.39 Å². The van der Waals surface area contributed by atoms with Crippen LogP contribution >= 0.6 is 0 Å². The molecule has 0 fully saturated rings. The molecule has 3 N–H and O–H groups in total. The zero-order valence-electron chi connectivity index (χ0n) is 7.96. The molecule has 14 heavy (non-hydrogen) atoms. The van der Waals surface area contributed by atoms with Gasteiger partial charge in [0.05, 0.1) is 7.11 Å². The van der Waals surface area contributed by atoms with E-state index in [1.54, 1.807) is 31.4 Å². The van der Waals surface area contributed by atoms with E-state index >= 15 is 0 Å². The van der Waals surface area contributed by atoms with E-state index in [0.717, 1.165) is 5.56 Å². The zero-order valence-corrected chi connectivity index (χ0v) is 7.96. The summed E-state index contributed by atoms with van der Waals surface area (Å²) in [6, 6.07) is 7.07. The third-order valence-corrected chi connectivity index (χ3v) is 1.89. The van der Waals surface area contributed by atoms with Crippen molar-refractivity contribution < 1.29 is 9.13 Å². The number of halogens is 1. The van der Waals surface area contributed by atoms with Crippen molar-refractivity contribution in [3.63, 3.8) is 0 Å². The molecule has 0 aliphatic heterocycles. The lowest BCUT2D eigenvalue weighted by atomic mass is 10.1. The number of ether oxygens (including phenoxy) is 1. The van der Waals surface area contributed by atoms with Gasteiger partial charge in [0, 0.05) is 6.42 Å². The largest absolute Gasteiger partial charge is 0.497 e. The molecule has 0 bridgehead atoms. The normalized spacial score (nSPS) is 12.1. The fraction of sp³-hybridized carbons (Fsp3) is 0.300. The van der Waals surface area contributed by atoms with Gasteiger partial charge in [0.2, 0.25) is 0 Å². The van der Waals surface area contributed by atoms with Gasteiger partial charge >= 0.3 is 0 Å². The predicted octanol–water partition coefficient (Wildman–Crippen LogP) is 1.51. The van der Waals surface area contributed by atoms with Crippen LogP contribution in [0.4, 0.5) is 4.39 Å². The first-order chi connectivity index (χ1) is 6.63. The van der Waals surface area contributed by atoms with Gasteiger partial charge in [0.1, 0.15) is 11.6 Å². The minimum atomic E-state index is -1.41. The molecular weight excluding hydrogens is 183 g/mol. The van der Waals surface area contributed by atoms with Crippen molar-refractivity contribution in [3.8, 4) is 5.75 Å². The highest BCUT2D eigenvalue weighted by Gasteiger charge is 2.10. The molecule has 1 rings (SSSR count). The molecule has 76 valence electrons. The van der Waals surface area contributed by atoms with Crippen molar-refractivity contribution in [2.24, 2.45) is 5.73 Å². The Morgan fingerprint density at radius 1 is 1.64 bits per heavy atom. The van der Waals surface area contributed by atoms with E-state index in [4.69, 9.17) is 15.9 Å². The maximum Gasteiger partial charge on any atom is 0.160 e. The summed E-state index contributed by atoms with van der Waals surface area (Å²) in [5.41, 5.74) is 5.80. The first-order valence-corrected chi connectivity index (χ1v) is 4.24. The Labute approximate surface area is 82.2 Å². The van der Waals surface area contributed by atoms with Crippen molar-refractivity contribution in [1.82, 2.24) is 0 Å². The summed E-state index contributed by atoms with van der Waals surface area (Å²) >= 11 is 0. The molecule has 0 saturated heterocycles. The predicted molar refractivity (Wildman–Crippen MR) is 53.5 cm³/mol. The van der Waals surface area contributed by atoms with E-state index in [-0.39, 0.29) is 6.42 Å². The molecular formula is C10H13FN2O. The van der Waals surface area contributed by atoms with Crippen LogP contribution < -0.4 is 10.5 Å². The number of hydrogen-bond donors (Lipinski definition) is 2. The van der Waals surface area contributed by atoms with Crippen LogP contribution in [0.1, 0.15) is 5.56 Å². The molecule has 0 saturated carbocycles. The SMILES string of the molecule is COc1cccc(CC(F)C(=N)N)c1. The standard InChI is InChI=1S/C10H13FN2O/c1-14-8-4-2-3-7(5-8)6-9(11)10(12)13/h2-5,9H,6H2,1H3,(H3,12,13). The molecule has 1 aromatic rings. The summed E-state index contributed by atoms with van der Waals surface area (Å²) in [7, 11) is 1.55. The van der Waals surface area contributed by atoms with Crippen LogP contribution in [-0.2, 0) is 6.42 Å². The van der Waals surface area contributed by atoms with E-state index in [9.17, 15) is 4.39 Å². The van der Waals surface area contributed by atoms with Gasteiger partial charge in [-0.15, -0.1) is 0 Å². The van der Waals surface area contributed by atoms with E-state index in [2.05, 4.69) is 0 Å². The van der Waals surface area contributed by atoms with Crippen LogP contribution in [0.2, 0.25) is 0 Å². The molecule has 0 aromatic heterocycles. The van der Waals surface area contributed by atoms with Crippen molar-refractivity contribution in [1.29, 1.82) is 5.41 Å². The summed E-state index contributed by atoms with van der Waals surface area (Å²) in [6.07, 6.45) is -1.30. The zero-order chi connectivity index (χ0) is 10.6. The second-order valence-electron chi connectivity index (χ2n) is 2.98. The Kier molecular flexibility index (Phi) is 3.45. The maximum atomic E-state index is 13.1. The molecule has 0 heterocycles. The van der Waals surface area contributed by atoms with Gasteiger partial charge in [0.15, 0.2) is 6.17 Å². The summed E-state index contributed by atoms with van der Waals surface area (Å²) in [4.78, 5) is 0. The highest BCUT2D eigenvalue weighted by molar-refractivity contribution is 5.81. The lowest BCUT2D eigenvalue weighted by molar-refractivity contribution is 0.408. The molecule has 1 aromatic carbocycles. The van der Waals surface area contributed by atoms with E-state index in [1.165, 1.54) is 0 Å². The number of nitrogens with two attached hydrogens (primary N) is 1. The maximum absolute atomic E-state index is 13.1. The average molecular weight is 196 g/mol. The first kappa shape index (κ1) is 10.5. The molecule has 0 aliphatic rings. The second kappa shape index (κ2) is 4.60. The number of nitrogens with one attached hydrogen (secondary N) is 1. The molecule has 0 aliphatic carbocycles. The molecule has 1 unspecified atom stereocenters. The fourth-order valence-electron chi connectivity index (χ4n) is 1.12. The third-order valence-electron chi connectivity index (χ3n) is 1.89. The second-order valence-corrected chi connectivity index (χ2v) is 2.98. The van der Waals surface area contributed by atoms with Crippen LogP contribution in [0.15, 0.2) is 24.3 Å². The third kappa shape index (κ3) is 2.73. The van der Waals surface area contributed by atoms with Gasteiger partial charge < -0.3 is 10.5 Å². The minimum absolute atomic E-state index is 0.118. The Balaban J connectivity index is 2.71. The van der Waals surface area contributed by atoms with Gasteiger partial charge in [-0.05, 0) is 17.7 Å². The first-order valence-electron chi connectivity index (χ1n) is 4.24. The molecule has 1 atom stereocenters. The van der Waals surface area contributed by atoms with Crippen LogP contribution in [0.3, 0.4) is 0 Å². The molecule has 4 heteroatoms. The van der Waals surface area contributed by atoms with Crippen LogP contribution in [0.5, 0.6) is 5.75 Å². The van der Waals surface area contributed by atoms with Crippen LogP contribution in [0.25, 0.3) is 0 Å². The van der Waals surface area contributed by atoms with E-state index < -0.39 is 12.0 Å². The number of amidine groups is 1. The van der Waals surface area contributed by atoms with Crippen molar-refractivity contribution in [3.05, 3.63) is 29.8 Å². The Morgan fingerprint density at radius 2 is 2.36 bits per heavy atom. The van der Waals surface area contributed by atoms with Gasteiger partial charge in [0.25, 0.3) is 0 Å². The monoisotopic (exact) mass is 196 g/mol.